The third kappa shape index (κ3) is 2.49. The summed E-state index contributed by atoms with van der Waals surface area (Å²) < 4.78 is 1.80. The number of nitrogens with zero attached hydrogens (tertiary/aromatic N) is 2. The van der Waals surface area contributed by atoms with Crippen molar-refractivity contribution >= 4 is 23.5 Å². The van der Waals surface area contributed by atoms with Gasteiger partial charge in [0.1, 0.15) is 0 Å². The van der Waals surface area contributed by atoms with Crippen molar-refractivity contribution in [3.63, 3.8) is 0 Å². The van der Waals surface area contributed by atoms with E-state index in [2.05, 4.69) is 5.10 Å². The molecule has 1 aliphatic rings. The molecule has 0 N–H and O–H groups in total. The van der Waals surface area contributed by atoms with Gasteiger partial charge in [-0.15, -0.1) is 0 Å². The number of carbonyl (C=O) groups is 1. The topological polar surface area (TPSA) is 34.9 Å². The highest BCUT2D eigenvalue weighted by atomic mass is 35.5. The number of Topliss-reactive ketones (excluding diaryl/α,β-unsaturated/α-hetero) is 1. The molecule has 112 valence electrons. The van der Waals surface area contributed by atoms with E-state index in [1.165, 1.54) is 0 Å². The number of hydrogen-bond acceptors (Lipinski definition) is 2. The lowest BCUT2D eigenvalue weighted by molar-refractivity contribution is 0.104. The van der Waals surface area contributed by atoms with Crippen LogP contribution in [-0.2, 0) is 6.42 Å². The highest BCUT2D eigenvalue weighted by Gasteiger charge is 2.26. The summed E-state index contributed by atoms with van der Waals surface area (Å²) in [5.74, 6) is 0.0509. The van der Waals surface area contributed by atoms with Gasteiger partial charge in [-0.3, -0.25) is 4.79 Å². The molecule has 0 spiro atoms. The molecule has 0 aliphatic heterocycles. The highest BCUT2D eigenvalue weighted by Crippen LogP contribution is 2.32. The predicted molar refractivity (Wildman–Crippen MR) is 91.0 cm³/mol. The number of fused-ring (bicyclic) bond motifs is 1. The van der Waals surface area contributed by atoms with E-state index in [1.807, 2.05) is 60.8 Å². The summed E-state index contributed by atoms with van der Waals surface area (Å²) in [5, 5.41) is 5.01. The van der Waals surface area contributed by atoms with Crippen LogP contribution in [0.5, 0.6) is 0 Å². The Kier molecular flexibility index (Phi) is 3.36. The van der Waals surface area contributed by atoms with Gasteiger partial charge in [-0.2, -0.15) is 5.10 Å². The Bertz CT molecular complexity index is 926. The molecule has 0 fully saturated rings. The fourth-order valence-corrected chi connectivity index (χ4v) is 3.09. The maximum atomic E-state index is 12.5. The van der Waals surface area contributed by atoms with Gasteiger partial charge in [0.2, 0.25) is 0 Å². The minimum absolute atomic E-state index is 0.0509. The smallest absolute Gasteiger partial charge is 0.189 e. The Morgan fingerprint density at radius 3 is 2.70 bits per heavy atom. The van der Waals surface area contributed by atoms with E-state index in [0.29, 0.717) is 17.0 Å². The van der Waals surface area contributed by atoms with Crippen LogP contribution in [0.2, 0.25) is 5.02 Å². The highest BCUT2D eigenvalue weighted by molar-refractivity contribution is 6.33. The molecule has 3 nitrogen and oxygen atoms in total. The molecular weight excluding hydrogens is 308 g/mol. The summed E-state index contributed by atoms with van der Waals surface area (Å²) in [6.45, 7) is 0. The summed E-state index contributed by atoms with van der Waals surface area (Å²) in [5.41, 5.74) is 4.27. The second kappa shape index (κ2) is 5.52. The van der Waals surface area contributed by atoms with Crippen LogP contribution in [0.3, 0.4) is 0 Å². The molecule has 4 heteroatoms. The van der Waals surface area contributed by atoms with Crippen LogP contribution in [0.25, 0.3) is 11.8 Å². The first-order valence-corrected chi connectivity index (χ1v) is 7.73. The van der Waals surface area contributed by atoms with Crippen molar-refractivity contribution in [2.24, 2.45) is 0 Å². The van der Waals surface area contributed by atoms with Crippen LogP contribution in [-0.4, -0.2) is 15.6 Å². The summed E-state index contributed by atoms with van der Waals surface area (Å²) in [6, 6.07) is 15.3. The molecule has 0 unspecified atom stereocenters. The Labute approximate surface area is 138 Å². The molecule has 3 aromatic rings. The first kappa shape index (κ1) is 14.0. The largest absolute Gasteiger partial charge is 0.289 e. The Morgan fingerprint density at radius 2 is 1.91 bits per heavy atom. The number of aromatic nitrogens is 2. The number of para-hydroxylation sites is 1. The fourth-order valence-electron chi connectivity index (χ4n) is 2.85. The molecule has 0 saturated heterocycles. The second-order valence-corrected chi connectivity index (χ2v) is 5.90. The zero-order valence-electron chi connectivity index (χ0n) is 12.2. The molecule has 0 saturated carbocycles. The first-order chi connectivity index (χ1) is 11.2. The van der Waals surface area contributed by atoms with Gasteiger partial charge in [0.25, 0.3) is 0 Å². The SMILES string of the molecule is O=C1/C(=C/c2cnn(-c3ccccc3)c2)Cc2c(Cl)cccc21. The van der Waals surface area contributed by atoms with Gasteiger partial charge in [-0.25, -0.2) is 4.68 Å². The van der Waals surface area contributed by atoms with Crippen molar-refractivity contribution in [1.82, 2.24) is 9.78 Å². The Balaban J connectivity index is 1.67. The fraction of sp³-hybridized carbons (Fsp3) is 0.0526. The summed E-state index contributed by atoms with van der Waals surface area (Å²) in [7, 11) is 0. The monoisotopic (exact) mass is 320 g/mol. The molecule has 1 aromatic heterocycles. The maximum Gasteiger partial charge on any atom is 0.189 e. The number of ketones is 1. The van der Waals surface area contributed by atoms with Crippen LogP contribution in [0, 0.1) is 0 Å². The van der Waals surface area contributed by atoms with E-state index in [1.54, 1.807) is 10.9 Å². The quantitative estimate of drug-likeness (QED) is 0.658. The summed E-state index contributed by atoms with van der Waals surface area (Å²) in [6.07, 6.45) is 6.15. The molecule has 0 atom stereocenters. The number of rotatable bonds is 2. The van der Waals surface area contributed by atoms with Crippen molar-refractivity contribution in [2.45, 2.75) is 6.42 Å². The Hall–Kier alpha value is -2.65. The average Bonchev–Trinajstić information content (AvgIpc) is 3.16. The van der Waals surface area contributed by atoms with Gasteiger partial charge < -0.3 is 0 Å². The molecule has 1 heterocycles. The number of hydrogen-bond donors (Lipinski definition) is 0. The van der Waals surface area contributed by atoms with Crippen LogP contribution in [0.1, 0.15) is 21.5 Å². The van der Waals surface area contributed by atoms with Crippen molar-refractivity contribution in [3.05, 3.63) is 88.2 Å². The van der Waals surface area contributed by atoms with E-state index in [0.717, 1.165) is 22.4 Å². The van der Waals surface area contributed by atoms with Gasteiger partial charge in [-0.05, 0) is 29.8 Å². The number of carbonyl (C=O) groups excluding carboxylic acids is 1. The zero-order chi connectivity index (χ0) is 15.8. The first-order valence-electron chi connectivity index (χ1n) is 7.35. The molecular formula is C19H13ClN2O. The van der Waals surface area contributed by atoms with Crippen LogP contribution >= 0.6 is 11.6 Å². The molecule has 23 heavy (non-hydrogen) atoms. The summed E-state index contributed by atoms with van der Waals surface area (Å²) >= 11 is 6.19. The van der Waals surface area contributed by atoms with Gasteiger partial charge >= 0.3 is 0 Å². The molecule has 1 aliphatic carbocycles. The standard InChI is InChI=1S/C19H13ClN2O/c20-18-8-4-7-16-17(18)10-14(19(16)23)9-13-11-21-22(12-13)15-5-2-1-3-6-15/h1-9,11-12H,10H2/b14-9+. The number of halogens is 1. The van der Waals surface area contributed by atoms with Crippen LogP contribution < -0.4 is 0 Å². The van der Waals surface area contributed by atoms with Gasteiger partial charge in [0, 0.05) is 34.3 Å². The molecule has 0 amide bonds. The van der Waals surface area contributed by atoms with Gasteiger partial charge in [0.15, 0.2) is 5.78 Å². The van der Waals surface area contributed by atoms with Crippen molar-refractivity contribution in [2.75, 3.05) is 0 Å². The zero-order valence-corrected chi connectivity index (χ0v) is 13.0. The predicted octanol–water partition coefficient (Wildman–Crippen LogP) is 4.35. The minimum atomic E-state index is 0.0509. The van der Waals surface area contributed by atoms with Crippen LogP contribution in [0.15, 0.2) is 66.5 Å². The third-order valence-corrected chi connectivity index (χ3v) is 4.34. The van der Waals surface area contributed by atoms with E-state index >= 15 is 0 Å². The van der Waals surface area contributed by atoms with Crippen molar-refractivity contribution in [1.29, 1.82) is 0 Å². The lowest BCUT2D eigenvalue weighted by Crippen LogP contribution is -1.95. The lowest BCUT2D eigenvalue weighted by Gasteiger charge is -1.98. The number of allylic oxidation sites excluding steroid dienone is 1. The lowest BCUT2D eigenvalue weighted by atomic mass is 10.1. The van der Waals surface area contributed by atoms with E-state index in [9.17, 15) is 4.79 Å². The number of benzene rings is 2. The molecule has 2 aromatic carbocycles. The van der Waals surface area contributed by atoms with Gasteiger partial charge in [-0.1, -0.05) is 41.9 Å². The van der Waals surface area contributed by atoms with Gasteiger partial charge in [0.05, 0.1) is 11.9 Å². The second-order valence-electron chi connectivity index (χ2n) is 5.50. The maximum absolute atomic E-state index is 12.5. The third-order valence-electron chi connectivity index (χ3n) is 3.99. The van der Waals surface area contributed by atoms with Crippen molar-refractivity contribution < 1.29 is 4.79 Å². The molecule has 4 rings (SSSR count). The van der Waals surface area contributed by atoms with Crippen LogP contribution in [0.4, 0.5) is 0 Å². The summed E-state index contributed by atoms with van der Waals surface area (Å²) in [4.78, 5) is 12.5. The van der Waals surface area contributed by atoms with E-state index < -0.39 is 0 Å². The minimum Gasteiger partial charge on any atom is -0.289 e. The van der Waals surface area contributed by atoms with E-state index in [-0.39, 0.29) is 5.78 Å². The average molecular weight is 321 g/mol. The molecule has 0 bridgehead atoms. The molecule has 0 radical (unpaired) electrons. The normalized spacial score (nSPS) is 15.2. The van der Waals surface area contributed by atoms with Crippen molar-refractivity contribution in [3.8, 4) is 5.69 Å². The Morgan fingerprint density at radius 1 is 1.09 bits per heavy atom. The van der Waals surface area contributed by atoms with E-state index in [4.69, 9.17) is 11.6 Å².